The van der Waals surface area contributed by atoms with Gasteiger partial charge in [0, 0.05) is 23.2 Å². The molecule has 18 heavy (non-hydrogen) atoms. The second-order valence-electron chi connectivity index (χ2n) is 3.32. The minimum atomic E-state index is -1.16. The average molecular weight is 257 g/mol. The third kappa shape index (κ3) is 2.81. The number of aldehydes is 1. The molecule has 0 unspecified atom stereocenters. The van der Waals surface area contributed by atoms with Crippen LogP contribution < -0.4 is 0 Å². The smallest absolute Gasteiger partial charge is 0.382 e. The first kappa shape index (κ1) is 12.0. The Kier molecular flexibility index (Phi) is 3.51. The lowest BCUT2D eigenvalue weighted by atomic mass is 10.1. The minimum Gasteiger partial charge on any atom is -0.472 e. The predicted molar refractivity (Wildman–Crippen MR) is 67.5 cm³/mol. The van der Waals surface area contributed by atoms with Crippen molar-refractivity contribution in [2.45, 2.75) is 0 Å². The first-order valence-corrected chi connectivity index (χ1v) is 5.77. The van der Waals surface area contributed by atoms with Crippen molar-refractivity contribution in [3.8, 4) is 22.4 Å². The van der Waals surface area contributed by atoms with Crippen molar-refractivity contribution in [3.05, 3.63) is 40.9 Å². The molecule has 0 saturated heterocycles. The van der Waals surface area contributed by atoms with Crippen molar-refractivity contribution in [2.24, 2.45) is 0 Å². The summed E-state index contributed by atoms with van der Waals surface area (Å²) >= 11 is 1.30. The summed E-state index contributed by atoms with van der Waals surface area (Å²) in [4.78, 5) is 25.5. The summed E-state index contributed by atoms with van der Waals surface area (Å²) in [7, 11) is 0. The van der Waals surface area contributed by atoms with E-state index >= 15 is 0 Å². The highest BCUT2D eigenvalue weighted by Crippen LogP contribution is 2.24. The SMILES string of the molecule is O=Cc1cnc(-c2ccc(C#CC(=O)O)cc2)s1. The molecule has 2 aromatic rings. The lowest BCUT2D eigenvalue weighted by Crippen LogP contribution is -1.87. The van der Waals surface area contributed by atoms with Crippen molar-refractivity contribution in [1.29, 1.82) is 0 Å². The molecule has 0 aliphatic rings. The van der Waals surface area contributed by atoms with Crippen LogP contribution in [0.25, 0.3) is 10.6 Å². The Balaban J connectivity index is 2.25. The van der Waals surface area contributed by atoms with E-state index in [0.29, 0.717) is 10.4 Å². The van der Waals surface area contributed by atoms with Crippen molar-refractivity contribution < 1.29 is 14.7 Å². The standard InChI is InChI=1S/C13H7NO3S/c15-8-11-7-14-13(18-11)10-4-1-9(2-5-10)3-6-12(16)17/h1-2,4-5,7-8H,(H,16,17). The summed E-state index contributed by atoms with van der Waals surface area (Å²) in [5, 5.41) is 9.17. The van der Waals surface area contributed by atoms with Gasteiger partial charge in [0.15, 0.2) is 6.29 Å². The Labute approximate surface area is 107 Å². The highest BCUT2D eigenvalue weighted by atomic mass is 32.1. The largest absolute Gasteiger partial charge is 0.472 e. The maximum absolute atomic E-state index is 10.6. The number of thiazole rings is 1. The van der Waals surface area contributed by atoms with Gasteiger partial charge < -0.3 is 5.11 Å². The van der Waals surface area contributed by atoms with Crippen LogP contribution in [0, 0.1) is 11.8 Å². The van der Waals surface area contributed by atoms with Gasteiger partial charge in [-0.25, -0.2) is 9.78 Å². The van der Waals surface area contributed by atoms with E-state index in [2.05, 4.69) is 10.9 Å². The van der Waals surface area contributed by atoms with Gasteiger partial charge in [-0.2, -0.15) is 0 Å². The second kappa shape index (κ2) is 5.25. The van der Waals surface area contributed by atoms with Gasteiger partial charge >= 0.3 is 5.97 Å². The van der Waals surface area contributed by atoms with E-state index in [0.717, 1.165) is 16.9 Å². The third-order valence-electron chi connectivity index (χ3n) is 2.09. The van der Waals surface area contributed by atoms with Crippen LogP contribution in [0.4, 0.5) is 0 Å². The summed E-state index contributed by atoms with van der Waals surface area (Å²) in [6.07, 6.45) is 2.28. The molecule has 0 fully saturated rings. The minimum absolute atomic E-state index is 0.569. The predicted octanol–water partition coefficient (Wildman–Crippen LogP) is 2.06. The second-order valence-corrected chi connectivity index (χ2v) is 4.38. The molecule has 1 heterocycles. The molecule has 0 amide bonds. The molecule has 0 spiro atoms. The number of hydrogen-bond acceptors (Lipinski definition) is 4. The summed E-state index contributed by atoms with van der Waals surface area (Å²) in [5.74, 6) is 3.40. The number of benzene rings is 1. The van der Waals surface area contributed by atoms with E-state index in [1.807, 2.05) is 5.92 Å². The zero-order valence-electron chi connectivity index (χ0n) is 9.08. The number of rotatable bonds is 2. The molecule has 2 rings (SSSR count). The molecular weight excluding hydrogens is 250 g/mol. The Bertz CT molecular complexity index is 647. The molecule has 88 valence electrons. The van der Waals surface area contributed by atoms with Crippen LogP contribution in [-0.2, 0) is 4.79 Å². The molecule has 0 saturated carbocycles. The van der Waals surface area contributed by atoms with Crippen LogP contribution in [0.2, 0.25) is 0 Å². The number of carboxylic acid groups (broad SMARTS) is 1. The first-order chi connectivity index (χ1) is 8.69. The van der Waals surface area contributed by atoms with E-state index < -0.39 is 5.97 Å². The number of carbonyl (C=O) groups excluding carboxylic acids is 1. The Morgan fingerprint density at radius 2 is 2.06 bits per heavy atom. The van der Waals surface area contributed by atoms with E-state index in [9.17, 15) is 9.59 Å². The summed E-state index contributed by atoms with van der Waals surface area (Å²) < 4.78 is 0. The van der Waals surface area contributed by atoms with Crippen molar-refractivity contribution in [1.82, 2.24) is 4.98 Å². The van der Waals surface area contributed by atoms with Crippen LogP contribution in [0.15, 0.2) is 30.5 Å². The Morgan fingerprint density at radius 1 is 1.33 bits per heavy atom. The van der Waals surface area contributed by atoms with Gasteiger partial charge in [-0.15, -0.1) is 11.3 Å². The summed E-state index contributed by atoms with van der Waals surface area (Å²) in [5.41, 5.74) is 1.49. The van der Waals surface area contributed by atoms with E-state index in [-0.39, 0.29) is 0 Å². The molecule has 1 N–H and O–H groups in total. The monoisotopic (exact) mass is 257 g/mol. The average Bonchev–Trinajstić information content (AvgIpc) is 2.85. The topological polar surface area (TPSA) is 67.3 Å². The highest BCUT2D eigenvalue weighted by Gasteiger charge is 2.03. The summed E-state index contributed by atoms with van der Waals surface area (Å²) in [6, 6.07) is 7.01. The Hall–Kier alpha value is -2.45. The fraction of sp³-hybridized carbons (Fsp3) is 0. The molecule has 0 aliphatic heterocycles. The zero-order valence-corrected chi connectivity index (χ0v) is 9.90. The van der Waals surface area contributed by atoms with Crippen LogP contribution in [0.3, 0.4) is 0 Å². The molecule has 0 radical (unpaired) electrons. The van der Waals surface area contributed by atoms with Crippen molar-refractivity contribution in [2.75, 3.05) is 0 Å². The molecular formula is C13H7NO3S. The third-order valence-corrected chi connectivity index (χ3v) is 3.06. The fourth-order valence-corrected chi connectivity index (χ4v) is 2.03. The Morgan fingerprint density at radius 3 is 2.61 bits per heavy atom. The number of carbonyl (C=O) groups is 2. The van der Waals surface area contributed by atoms with Gasteiger partial charge in [0.25, 0.3) is 0 Å². The number of hydrogen-bond donors (Lipinski definition) is 1. The molecule has 0 aliphatic carbocycles. The van der Waals surface area contributed by atoms with Crippen LogP contribution >= 0.6 is 11.3 Å². The lowest BCUT2D eigenvalue weighted by molar-refractivity contribution is -0.130. The zero-order chi connectivity index (χ0) is 13.0. The number of carboxylic acids is 1. The molecule has 1 aromatic carbocycles. The molecule has 5 heteroatoms. The first-order valence-electron chi connectivity index (χ1n) is 4.95. The van der Waals surface area contributed by atoms with Crippen molar-refractivity contribution >= 4 is 23.6 Å². The van der Waals surface area contributed by atoms with Gasteiger partial charge in [-0.3, -0.25) is 4.79 Å². The van der Waals surface area contributed by atoms with Crippen LogP contribution in [-0.4, -0.2) is 22.3 Å². The van der Waals surface area contributed by atoms with Crippen LogP contribution in [0.1, 0.15) is 15.2 Å². The fourth-order valence-electron chi connectivity index (χ4n) is 1.30. The molecule has 1 aromatic heterocycles. The van der Waals surface area contributed by atoms with Gasteiger partial charge in [0.05, 0.1) is 4.88 Å². The van der Waals surface area contributed by atoms with Crippen molar-refractivity contribution in [3.63, 3.8) is 0 Å². The van der Waals surface area contributed by atoms with E-state index in [1.54, 1.807) is 24.3 Å². The van der Waals surface area contributed by atoms with Gasteiger partial charge in [-0.1, -0.05) is 18.1 Å². The molecule has 0 bridgehead atoms. The maximum atomic E-state index is 10.6. The van der Waals surface area contributed by atoms with E-state index in [4.69, 9.17) is 5.11 Å². The van der Waals surface area contributed by atoms with Gasteiger partial charge in [0.2, 0.25) is 0 Å². The summed E-state index contributed by atoms with van der Waals surface area (Å²) in [6.45, 7) is 0. The number of aliphatic carboxylic acids is 1. The molecule has 4 nitrogen and oxygen atoms in total. The number of nitrogens with zero attached hydrogens (tertiary/aromatic N) is 1. The maximum Gasteiger partial charge on any atom is 0.382 e. The molecule has 0 atom stereocenters. The lowest BCUT2D eigenvalue weighted by Gasteiger charge is -1.95. The van der Waals surface area contributed by atoms with E-state index in [1.165, 1.54) is 17.5 Å². The van der Waals surface area contributed by atoms with Gasteiger partial charge in [0.1, 0.15) is 5.01 Å². The van der Waals surface area contributed by atoms with Gasteiger partial charge in [-0.05, 0) is 12.1 Å². The quantitative estimate of drug-likeness (QED) is 0.660. The van der Waals surface area contributed by atoms with Crippen LogP contribution in [0.5, 0.6) is 0 Å². The normalized spacial score (nSPS) is 9.33. The number of aromatic nitrogens is 1. The highest BCUT2D eigenvalue weighted by molar-refractivity contribution is 7.16.